The molecule has 0 aromatic heterocycles. The topological polar surface area (TPSA) is 58.2 Å². The molecule has 0 unspecified atom stereocenters. The van der Waals surface area contributed by atoms with Crippen molar-refractivity contribution < 1.29 is 8.42 Å². The summed E-state index contributed by atoms with van der Waals surface area (Å²) in [6.07, 6.45) is 0.938. The molecule has 114 valence electrons. The molecular weight excluding hydrogens is 272 g/mol. The molecular formula is C15H26N2O2S. The van der Waals surface area contributed by atoms with E-state index in [1.165, 1.54) is 0 Å². The molecule has 4 nitrogen and oxygen atoms in total. The van der Waals surface area contributed by atoms with Crippen molar-refractivity contribution in [2.75, 3.05) is 13.6 Å². The molecule has 0 saturated heterocycles. The van der Waals surface area contributed by atoms with Crippen LogP contribution >= 0.6 is 0 Å². The lowest BCUT2D eigenvalue weighted by Gasteiger charge is -2.22. The van der Waals surface area contributed by atoms with Crippen molar-refractivity contribution in [1.29, 1.82) is 0 Å². The van der Waals surface area contributed by atoms with Crippen molar-refractivity contribution in [3.8, 4) is 0 Å². The predicted molar refractivity (Wildman–Crippen MR) is 83.9 cm³/mol. The van der Waals surface area contributed by atoms with Crippen molar-refractivity contribution in [3.63, 3.8) is 0 Å². The summed E-state index contributed by atoms with van der Waals surface area (Å²) in [5.74, 6) is 0.0321. The molecule has 0 fully saturated rings. The largest absolute Gasteiger partial charge is 0.316 e. The first-order chi connectivity index (χ1) is 9.28. The minimum atomic E-state index is -3.28. The Morgan fingerprint density at radius 1 is 1.20 bits per heavy atom. The second-order valence-electron chi connectivity index (χ2n) is 5.95. The second-order valence-corrected chi connectivity index (χ2v) is 7.76. The second kappa shape index (κ2) is 7.20. The van der Waals surface area contributed by atoms with Crippen LogP contribution in [0.4, 0.5) is 0 Å². The Morgan fingerprint density at radius 2 is 1.85 bits per heavy atom. The molecule has 0 aliphatic rings. The standard InChI is InChI=1S/C15H26N2O2S/c1-5-15(2,3)12-17-20(18,19)11-14-8-6-7-13(9-14)10-16-4/h6-9,16-17H,5,10-12H2,1-4H3. The quantitative estimate of drug-likeness (QED) is 0.774. The molecule has 0 radical (unpaired) electrons. The van der Waals surface area contributed by atoms with E-state index in [1.54, 1.807) is 0 Å². The molecule has 1 rings (SSSR count). The Morgan fingerprint density at radius 3 is 2.45 bits per heavy atom. The first-order valence-corrected chi connectivity index (χ1v) is 8.63. The SMILES string of the molecule is CCC(C)(C)CNS(=O)(=O)Cc1cccc(CNC)c1. The van der Waals surface area contributed by atoms with E-state index in [4.69, 9.17) is 0 Å². The van der Waals surface area contributed by atoms with E-state index in [0.29, 0.717) is 6.54 Å². The van der Waals surface area contributed by atoms with Crippen molar-refractivity contribution in [1.82, 2.24) is 10.0 Å². The predicted octanol–water partition coefficient (Wildman–Crippen LogP) is 2.26. The number of benzene rings is 1. The fourth-order valence-electron chi connectivity index (χ4n) is 1.73. The minimum Gasteiger partial charge on any atom is -0.316 e. The van der Waals surface area contributed by atoms with Crippen molar-refractivity contribution in [3.05, 3.63) is 35.4 Å². The number of sulfonamides is 1. The number of hydrogen-bond acceptors (Lipinski definition) is 3. The maximum Gasteiger partial charge on any atom is 0.215 e. The maximum atomic E-state index is 12.1. The Balaban J connectivity index is 2.69. The maximum absolute atomic E-state index is 12.1. The van der Waals surface area contributed by atoms with Gasteiger partial charge >= 0.3 is 0 Å². The van der Waals surface area contributed by atoms with Gasteiger partial charge in [0.05, 0.1) is 5.75 Å². The average molecular weight is 298 g/mol. The normalized spacial score (nSPS) is 12.6. The summed E-state index contributed by atoms with van der Waals surface area (Å²) in [5.41, 5.74) is 1.90. The Hall–Kier alpha value is -0.910. The fraction of sp³-hybridized carbons (Fsp3) is 0.600. The Kier molecular flexibility index (Phi) is 6.17. The zero-order valence-electron chi connectivity index (χ0n) is 12.9. The number of hydrogen-bond donors (Lipinski definition) is 2. The minimum absolute atomic E-state index is 0.0128. The van der Waals surface area contributed by atoms with Crippen LogP contribution in [-0.2, 0) is 22.3 Å². The van der Waals surface area contributed by atoms with Crippen LogP contribution in [-0.4, -0.2) is 22.0 Å². The van der Waals surface area contributed by atoms with E-state index < -0.39 is 10.0 Å². The molecule has 20 heavy (non-hydrogen) atoms. The van der Waals surface area contributed by atoms with Crippen molar-refractivity contribution >= 4 is 10.0 Å². The summed E-state index contributed by atoms with van der Waals surface area (Å²) in [5, 5.41) is 3.06. The van der Waals surface area contributed by atoms with Gasteiger partial charge in [0, 0.05) is 13.1 Å². The molecule has 2 N–H and O–H groups in total. The van der Waals surface area contributed by atoms with Crippen LogP contribution in [0.2, 0.25) is 0 Å². The summed E-state index contributed by atoms with van der Waals surface area (Å²) in [7, 11) is -1.41. The average Bonchev–Trinajstić information content (AvgIpc) is 2.37. The van der Waals surface area contributed by atoms with Crippen molar-refractivity contribution in [2.24, 2.45) is 5.41 Å². The lowest BCUT2D eigenvalue weighted by Crippen LogP contribution is -2.34. The smallest absolute Gasteiger partial charge is 0.215 e. The number of rotatable bonds is 8. The van der Waals surface area contributed by atoms with Gasteiger partial charge in [-0.2, -0.15) is 0 Å². The third kappa shape index (κ3) is 6.03. The van der Waals surface area contributed by atoms with Gasteiger partial charge in [0.2, 0.25) is 10.0 Å². The van der Waals surface area contributed by atoms with Crippen LogP contribution in [0.5, 0.6) is 0 Å². The lowest BCUT2D eigenvalue weighted by molar-refractivity contribution is 0.350. The van der Waals surface area contributed by atoms with E-state index in [-0.39, 0.29) is 11.2 Å². The molecule has 0 amide bonds. The molecule has 0 bridgehead atoms. The van der Waals surface area contributed by atoms with Gasteiger partial charge in [0.1, 0.15) is 0 Å². The van der Waals surface area contributed by atoms with Gasteiger partial charge in [-0.1, -0.05) is 45.0 Å². The molecule has 0 aliphatic carbocycles. The molecule has 0 aliphatic heterocycles. The summed E-state index contributed by atoms with van der Waals surface area (Å²) in [4.78, 5) is 0. The van der Waals surface area contributed by atoms with Crippen molar-refractivity contribution in [2.45, 2.75) is 39.5 Å². The highest BCUT2D eigenvalue weighted by Crippen LogP contribution is 2.18. The van der Waals surface area contributed by atoms with Gasteiger partial charge in [-0.25, -0.2) is 13.1 Å². The third-order valence-corrected chi connectivity index (χ3v) is 4.75. The van der Waals surface area contributed by atoms with E-state index >= 15 is 0 Å². The highest BCUT2D eigenvalue weighted by atomic mass is 32.2. The van der Waals surface area contributed by atoms with Gasteiger partial charge in [-0.3, -0.25) is 0 Å². The van der Waals surface area contributed by atoms with Crippen LogP contribution in [0.25, 0.3) is 0 Å². The molecule has 0 spiro atoms. The first kappa shape index (κ1) is 17.1. The molecule has 1 aromatic carbocycles. The lowest BCUT2D eigenvalue weighted by atomic mass is 9.91. The zero-order valence-corrected chi connectivity index (χ0v) is 13.7. The molecule has 0 saturated carbocycles. The Labute approximate surface area is 123 Å². The zero-order chi connectivity index (χ0) is 15.2. The highest BCUT2D eigenvalue weighted by Gasteiger charge is 2.19. The van der Waals surface area contributed by atoms with Gasteiger partial charge in [0.25, 0.3) is 0 Å². The summed E-state index contributed by atoms with van der Waals surface area (Å²) in [6.45, 7) is 7.40. The van der Waals surface area contributed by atoms with Crippen LogP contribution in [0.3, 0.4) is 0 Å². The van der Waals surface area contributed by atoms with Gasteiger partial charge in [-0.05, 0) is 30.0 Å². The van der Waals surface area contributed by atoms with Crippen LogP contribution in [0.1, 0.15) is 38.3 Å². The van der Waals surface area contributed by atoms with E-state index in [9.17, 15) is 8.42 Å². The van der Waals surface area contributed by atoms with Gasteiger partial charge < -0.3 is 5.32 Å². The fourth-order valence-corrected chi connectivity index (χ4v) is 3.07. The third-order valence-electron chi connectivity index (χ3n) is 3.46. The summed E-state index contributed by atoms with van der Waals surface area (Å²) >= 11 is 0. The van der Waals surface area contributed by atoms with Crippen LogP contribution in [0.15, 0.2) is 24.3 Å². The Bertz CT molecular complexity index is 524. The summed E-state index contributed by atoms with van der Waals surface area (Å²) in [6, 6.07) is 7.66. The van der Waals surface area contributed by atoms with E-state index in [0.717, 1.165) is 24.1 Å². The molecule has 1 aromatic rings. The van der Waals surface area contributed by atoms with Gasteiger partial charge in [0.15, 0.2) is 0 Å². The highest BCUT2D eigenvalue weighted by molar-refractivity contribution is 7.88. The molecule has 0 heterocycles. The summed E-state index contributed by atoms with van der Waals surface area (Å²) < 4.78 is 26.9. The number of nitrogens with one attached hydrogen (secondary N) is 2. The monoisotopic (exact) mass is 298 g/mol. The first-order valence-electron chi connectivity index (χ1n) is 6.98. The molecule has 5 heteroatoms. The van der Waals surface area contributed by atoms with Gasteiger partial charge in [-0.15, -0.1) is 0 Å². The van der Waals surface area contributed by atoms with Crippen LogP contribution < -0.4 is 10.0 Å². The van der Waals surface area contributed by atoms with E-state index in [1.807, 2.05) is 31.3 Å². The van der Waals surface area contributed by atoms with Crippen LogP contribution in [0, 0.1) is 5.41 Å². The molecule has 0 atom stereocenters. The van der Waals surface area contributed by atoms with E-state index in [2.05, 4.69) is 30.8 Å².